The zero-order chi connectivity index (χ0) is 12.1. The zero-order valence-corrected chi connectivity index (χ0v) is 9.87. The van der Waals surface area contributed by atoms with Gasteiger partial charge in [0.2, 0.25) is 0 Å². The van der Waals surface area contributed by atoms with Crippen molar-refractivity contribution < 1.29 is 9.90 Å². The van der Waals surface area contributed by atoms with E-state index in [2.05, 4.69) is 10.3 Å². The molecule has 0 aliphatic heterocycles. The molecule has 0 radical (unpaired) electrons. The summed E-state index contributed by atoms with van der Waals surface area (Å²) in [6.45, 7) is 3.91. The van der Waals surface area contributed by atoms with Gasteiger partial charge in [0.25, 0.3) is 0 Å². The number of carbonyl (C=O) groups is 1. The van der Waals surface area contributed by atoms with Crippen LogP contribution < -0.4 is 15.9 Å². The third kappa shape index (κ3) is 2.52. The number of carboxylic acid groups (broad SMARTS) is 1. The number of aromatic nitrogens is 1. The molecule has 0 aliphatic rings. The number of aliphatic carboxylic acids is 1. The van der Waals surface area contributed by atoms with Crippen molar-refractivity contribution in [3.8, 4) is 0 Å². The number of hydrogen-bond donors (Lipinski definition) is 3. The van der Waals surface area contributed by atoms with Gasteiger partial charge in [-0.1, -0.05) is 12.2 Å². The summed E-state index contributed by atoms with van der Waals surface area (Å²) in [4.78, 5) is 14.1. The number of aromatic amines is 1. The summed E-state index contributed by atoms with van der Waals surface area (Å²) in [5, 5.41) is 13.9. The average molecular weight is 222 g/mol. The van der Waals surface area contributed by atoms with Gasteiger partial charge in [-0.15, -0.1) is 0 Å². The zero-order valence-electron chi connectivity index (χ0n) is 9.87. The van der Waals surface area contributed by atoms with Gasteiger partial charge in [-0.3, -0.25) is 4.79 Å². The smallest absolute Gasteiger partial charge is 0.321 e. The maximum atomic E-state index is 10.9. The van der Waals surface area contributed by atoms with E-state index in [-0.39, 0.29) is 0 Å². The van der Waals surface area contributed by atoms with Crippen molar-refractivity contribution in [1.82, 2.24) is 10.3 Å². The molecule has 1 atom stereocenters. The Labute approximate surface area is 94.7 Å². The number of hydrogen-bond acceptors (Lipinski definition) is 2. The van der Waals surface area contributed by atoms with Crippen LogP contribution in [0.15, 0.2) is 6.20 Å². The van der Waals surface area contributed by atoms with Crippen LogP contribution in [0.1, 0.15) is 19.4 Å². The fourth-order valence-corrected chi connectivity index (χ4v) is 1.77. The SMILES string of the molecule is C/C=c1/c(CC(NC)C(=O)O)c[nH]/c1=C/C. The highest BCUT2D eigenvalue weighted by atomic mass is 16.4. The van der Waals surface area contributed by atoms with Crippen molar-refractivity contribution in [3.05, 3.63) is 22.3 Å². The molecule has 4 nitrogen and oxygen atoms in total. The van der Waals surface area contributed by atoms with E-state index in [9.17, 15) is 4.79 Å². The van der Waals surface area contributed by atoms with Crippen LogP contribution >= 0.6 is 0 Å². The molecule has 1 rings (SSSR count). The van der Waals surface area contributed by atoms with Gasteiger partial charge in [0.1, 0.15) is 6.04 Å². The van der Waals surface area contributed by atoms with Crippen LogP contribution in [0.4, 0.5) is 0 Å². The van der Waals surface area contributed by atoms with Crippen molar-refractivity contribution in [2.75, 3.05) is 7.05 Å². The second kappa shape index (κ2) is 5.51. The highest BCUT2D eigenvalue weighted by molar-refractivity contribution is 5.73. The molecule has 1 unspecified atom stereocenters. The molecule has 0 aliphatic carbocycles. The van der Waals surface area contributed by atoms with Gasteiger partial charge in [-0.05, 0) is 31.7 Å². The van der Waals surface area contributed by atoms with Crippen molar-refractivity contribution in [3.63, 3.8) is 0 Å². The van der Waals surface area contributed by atoms with Gasteiger partial charge in [-0.25, -0.2) is 0 Å². The summed E-state index contributed by atoms with van der Waals surface area (Å²) >= 11 is 0. The van der Waals surface area contributed by atoms with Crippen LogP contribution in [0.2, 0.25) is 0 Å². The van der Waals surface area contributed by atoms with E-state index < -0.39 is 12.0 Å². The van der Waals surface area contributed by atoms with E-state index in [4.69, 9.17) is 5.11 Å². The second-order valence-corrected chi connectivity index (χ2v) is 3.60. The average Bonchev–Trinajstić information content (AvgIpc) is 2.67. The Kier molecular flexibility index (Phi) is 4.31. The van der Waals surface area contributed by atoms with Crippen molar-refractivity contribution in [1.29, 1.82) is 0 Å². The second-order valence-electron chi connectivity index (χ2n) is 3.60. The van der Waals surface area contributed by atoms with E-state index in [1.807, 2.05) is 32.2 Å². The van der Waals surface area contributed by atoms with Gasteiger partial charge < -0.3 is 15.4 Å². The summed E-state index contributed by atoms with van der Waals surface area (Å²) in [5.41, 5.74) is 1.03. The minimum absolute atomic E-state index is 0.482. The lowest BCUT2D eigenvalue weighted by atomic mass is 10.1. The Bertz CT molecular complexity index is 474. The first-order valence-corrected chi connectivity index (χ1v) is 5.33. The van der Waals surface area contributed by atoms with Gasteiger partial charge >= 0.3 is 5.97 Å². The first-order chi connectivity index (χ1) is 7.63. The number of carboxylic acids is 1. The van der Waals surface area contributed by atoms with Crippen molar-refractivity contribution in [2.24, 2.45) is 0 Å². The third-order valence-corrected chi connectivity index (χ3v) is 2.69. The summed E-state index contributed by atoms with van der Waals surface area (Å²) in [5.74, 6) is -0.826. The molecular formula is C12H18N2O2. The van der Waals surface area contributed by atoms with E-state index in [0.717, 1.165) is 16.1 Å². The maximum absolute atomic E-state index is 10.9. The number of H-pyrrole nitrogens is 1. The molecule has 3 N–H and O–H groups in total. The molecule has 0 aromatic carbocycles. The first-order valence-electron chi connectivity index (χ1n) is 5.33. The maximum Gasteiger partial charge on any atom is 0.321 e. The Morgan fingerprint density at radius 2 is 2.25 bits per heavy atom. The van der Waals surface area contributed by atoms with E-state index in [1.54, 1.807) is 7.05 Å². The molecule has 0 saturated carbocycles. The number of likely N-dealkylation sites (N-methyl/N-ethyl adjacent to an activating group) is 1. The van der Waals surface area contributed by atoms with Crippen LogP contribution in [-0.4, -0.2) is 29.1 Å². The number of nitrogens with one attached hydrogen (secondary N) is 2. The third-order valence-electron chi connectivity index (χ3n) is 2.69. The lowest BCUT2D eigenvalue weighted by Crippen LogP contribution is -2.37. The van der Waals surface area contributed by atoms with Gasteiger partial charge in [0.05, 0.1) is 0 Å². The topological polar surface area (TPSA) is 65.1 Å². The predicted octanol–water partition coefficient (Wildman–Crippen LogP) is -0.169. The molecule has 1 heterocycles. The lowest BCUT2D eigenvalue weighted by molar-refractivity contribution is -0.139. The molecule has 1 aromatic heterocycles. The van der Waals surface area contributed by atoms with Gasteiger partial charge in [0.15, 0.2) is 0 Å². The highest BCUT2D eigenvalue weighted by Gasteiger charge is 2.16. The van der Waals surface area contributed by atoms with E-state index in [0.29, 0.717) is 6.42 Å². The van der Waals surface area contributed by atoms with E-state index in [1.165, 1.54) is 0 Å². The van der Waals surface area contributed by atoms with Crippen molar-refractivity contribution in [2.45, 2.75) is 26.3 Å². The normalized spacial score (nSPS) is 15.4. The predicted molar refractivity (Wildman–Crippen MR) is 64.5 cm³/mol. The fourth-order valence-electron chi connectivity index (χ4n) is 1.77. The van der Waals surface area contributed by atoms with Crippen LogP contribution in [0.3, 0.4) is 0 Å². The largest absolute Gasteiger partial charge is 0.480 e. The fraction of sp³-hybridized carbons (Fsp3) is 0.417. The number of rotatable bonds is 4. The Morgan fingerprint density at radius 3 is 2.69 bits per heavy atom. The van der Waals surface area contributed by atoms with Gasteiger partial charge in [0, 0.05) is 18.0 Å². The Hall–Kier alpha value is -1.55. The van der Waals surface area contributed by atoms with Crippen LogP contribution in [0.5, 0.6) is 0 Å². The summed E-state index contributed by atoms with van der Waals surface area (Å²) in [7, 11) is 1.66. The standard InChI is InChI=1S/C12H18N2O2/c1-4-9-8(7-14-10(9)5-2)6-11(13-3)12(15)16/h4-5,7,11,13-14H,6H2,1-3H3,(H,15,16)/b9-4-,10-5+. The van der Waals surface area contributed by atoms with Crippen LogP contribution in [-0.2, 0) is 11.2 Å². The molecular weight excluding hydrogens is 204 g/mol. The van der Waals surface area contributed by atoms with Crippen LogP contribution in [0, 0.1) is 0 Å². The summed E-state index contributed by atoms with van der Waals surface area (Å²) in [6, 6.07) is -0.542. The highest BCUT2D eigenvalue weighted by Crippen LogP contribution is 1.95. The molecule has 1 aromatic rings. The Morgan fingerprint density at radius 1 is 1.56 bits per heavy atom. The minimum Gasteiger partial charge on any atom is -0.480 e. The van der Waals surface area contributed by atoms with Gasteiger partial charge in [-0.2, -0.15) is 0 Å². The Balaban J connectivity index is 3.07. The summed E-state index contributed by atoms with van der Waals surface area (Å²) < 4.78 is 0. The quantitative estimate of drug-likeness (QED) is 0.663. The lowest BCUT2D eigenvalue weighted by Gasteiger charge is -2.09. The monoisotopic (exact) mass is 222 g/mol. The molecule has 16 heavy (non-hydrogen) atoms. The molecule has 88 valence electrons. The molecule has 0 amide bonds. The molecule has 0 fully saturated rings. The van der Waals surface area contributed by atoms with Crippen molar-refractivity contribution >= 4 is 18.1 Å². The van der Waals surface area contributed by atoms with E-state index >= 15 is 0 Å². The molecule has 0 bridgehead atoms. The minimum atomic E-state index is -0.826. The van der Waals surface area contributed by atoms with Crippen LogP contribution in [0.25, 0.3) is 12.2 Å². The molecule has 4 heteroatoms. The molecule has 0 saturated heterocycles. The first kappa shape index (κ1) is 12.5. The summed E-state index contributed by atoms with van der Waals surface area (Å²) in [6.07, 6.45) is 6.33. The molecule has 0 spiro atoms.